The molecule has 3 amide bonds. The Kier molecular flexibility index (Phi) is 22.0. The number of hydrogen-bond acceptors (Lipinski definition) is 20. The predicted molar refractivity (Wildman–Crippen MR) is 277 cm³/mol. The van der Waals surface area contributed by atoms with Gasteiger partial charge in [-0.1, -0.05) is 62.3 Å². The van der Waals surface area contributed by atoms with E-state index in [1.807, 2.05) is 0 Å². The SMILES string of the molecule is COC(=O)C1(NS(=O)(=O)c2cc(Oc3c(Cl)cc(-n4nc(C(F)F)c(=O)[nH]c4=O)cc3Cl)ncc2OC)CC1.COC(=O)C1(NS(=O)(=O)c2cc(Oc3c(Cl)cc(Br)cc3Cl)ncc2OC)CC1.N=C(C(=O)NC(N)=O)C(F)F.[B]. The standard InChI is InChI=1S/C21H17Cl2F2N5O8S.C17H15BrCl2N2O6S.C4H5F2N3O2.B/c1-36-12-8-26-14(7-13(12)39(34,35)29-21(3-4-21)19(32)37-2)38-16-10(22)5-9(6-11(16)23)30-20(33)27-18(31)15(28-30)17(24)25;1-26-12-8-21-14(28-15-10(19)5-9(18)6-11(15)20)7-13(12)29(24,25)22-17(3-4-17)16(23)27-2;5-2(6)1(7)3(10)9-4(8)11;/h5-8,17,29H,3-4H2,1-2H3,(H,27,31,33);5-8,22H,3-4H2,1-2H3;2,7H,(H3,8,9,10,11);. The van der Waals surface area contributed by atoms with E-state index >= 15 is 0 Å². The number of aromatic amines is 1. The van der Waals surface area contributed by atoms with Gasteiger partial charge in [-0.25, -0.2) is 54.0 Å². The van der Waals surface area contributed by atoms with E-state index in [4.69, 9.17) is 70.8 Å². The molecule has 0 bridgehead atoms. The van der Waals surface area contributed by atoms with Gasteiger partial charge in [0.05, 0.1) is 66.6 Å². The molecule has 3 aromatic heterocycles. The topological polar surface area (TPSA) is 371 Å². The Morgan fingerprint density at radius 1 is 0.738 bits per heavy atom. The zero-order valence-corrected chi connectivity index (χ0v) is 47.0. The second-order valence-electron chi connectivity index (χ2n) is 15.7. The third-order valence-electron chi connectivity index (χ3n) is 10.3. The van der Waals surface area contributed by atoms with E-state index in [1.54, 1.807) is 17.1 Å². The van der Waals surface area contributed by atoms with Crippen molar-refractivity contribution in [3.63, 3.8) is 0 Å². The van der Waals surface area contributed by atoms with Crippen molar-refractivity contribution in [1.82, 2.24) is 39.5 Å². The number of methoxy groups -OCH3 is 4. The first-order valence-corrected chi connectivity index (χ1v) is 26.5. The molecule has 0 saturated heterocycles. The molecule has 2 aromatic carbocycles. The summed E-state index contributed by atoms with van der Waals surface area (Å²) in [5, 5.41) is 11.0. The average Bonchev–Trinajstić information content (AvgIpc) is 4.33. The third-order valence-corrected chi connectivity index (χ3v) is 15.0. The van der Waals surface area contributed by atoms with Gasteiger partial charge in [0.15, 0.2) is 34.4 Å². The normalized spacial score (nSPS) is 13.6. The number of carbonyl (C=O) groups excluding carboxylic acids is 4. The molecule has 80 heavy (non-hydrogen) atoms. The number of primary amides is 1. The maximum Gasteiger partial charge on any atom is 0.349 e. The predicted octanol–water partition coefficient (Wildman–Crippen LogP) is 5.37. The molecule has 3 radical (unpaired) electrons. The molecule has 7 N–H and O–H groups in total. The Balaban J connectivity index is 0.000000295. The van der Waals surface area contributed by atoms with Gasteiger partial charge in [0.25, 0.3) is 24.3 Å². The summed E-state index contributed by atoms with van der Waals surface area (Å²) in [6, 6.07) is 6.19. The molecule has 38 heteroatoms. The molecule has 7 rings (SSSR count). The summed E-state index contributed by atoms with van der Waals surface area (Å²) >= 11 is 28.0. The minimum Gasteiger partial charge on any atom is -0.494 e. The highest BCUT2D eigenvalue weighted by Gasteiger charge is 2.55. The summed E-state index contributed by atoms with van der Waals surface area (Å²) in [7, 11) is -3.67. The lowest BCUT2D eigenvalue weighted by Gasteiger charge is -2.17. The number of urea groups is 1. The van der Waals surface area contributed by atoms with Gasteiger partial charge >= 0.3 is 23.7 Å². The molecule has 0 atom stereocenters. The second kappa shape index (κ2) is 26.7. The first-order valence-electron chi connectivity index (χ1n) is 21.2. The molecule has 2 saturated carbocycles. The van der Waals surface area contributed by atoms with Crippen LogP contribution in [0.4, 0.5) is 22.4 Å². The molecular formula is C42H37BBrCl4F4N10O16S2. The molecule has 0 aliphatic heterocycles. The fourth-order valence-electron chi connectivity index (χ4n) is 6.22. The molecule has 5 aromatic rings. The Labute approximate surface area is 478 Å². The van der Waals surface area contributed by atoms with Crippen molar-refractivity contribution in [2.45, 2.75) is 59.4 Å². The van der Waals surface area contributed by atoms with Crippen molar-refractivity contribution < 1.29 is 82.0 Å². The highest BCUT2D eigenvalue weighted by atomic mass is 79.9. The van der Waals surface area contributed by atoms with Crippen molar-refractivity contribution in [3.8, 4) is 40.4 Å². The minimum absolute atomic E-state index is 0. The average molecular weight is 1310 g/mol. The van der Waals surface area contributed by atoms with Crippen LogP contribution in [0.15, 0.2) is 72.6 Å². The van der Waals surface area contributed by atoms with Crippen molar-refractivity contribution in [2.24, 2.45) is 5.73 Å². The summed E-state index contributed by atoms with van der Waals surface area (Å²) in [6.07, 6.45) is -3.10. The van der Waals surface area contributed by atoms with Gasteiger partial charge in [-0.2, -0.15) is 19.2 Å². The van der Waals surface area contributed by atoms with Crippen molar-refractivity contribution in [1.29, 1.82) is 5.41 Å². The van der Waals surface area contributed by atoms with Crippen LogP contribution < -0.4 is 50.7 Å². The zero-order valence-electron chi connectivity index (χ0n) is 40.8. The number of ether oxygens (including phenoxy) is 6. The van der Waals surface area contributed by atoms with Gasteiger partial charge < -0.3 is 34.2 Å². The van der Waals surface area contributed by atoms with Gasteiger partial charge in [0, 0.05) is 25.0 Å². The number of halogens is 9. The van der Waals surface area contributed by atoms with Crippen LogP contribution >= 0.6 is 62.3 Å². The van der Waals surface area contributed by atoms with Gasteiger partial charge in [-0.05, 0) is 49.9 Å². The maximum absolute atomic E-state index is 13.1. The van der Waals surface area contributed by atoms with Crippen LogP contribution in [0, 0.1) is 5.41 Å². The number of nitrogens with one attached hydrogen (secondary N) is 5. The molecule has 429 valence electrons. The molecule has 26 nitrogen and oxygen atoms in total. The van der Waals surface area contributed by atoms with Gasteiger partial charge in [0.1, 0.15) is 20.9 Å². The number of nitrogens with two attached hydrogens (primary N) is 1. The Hall–Kier alpha value is -6.66. The number of hydrogen-bond donors (Lipinski definition) is 6. The van der Waals surface area contributed by atoms with Crippen molar-refractivity contribution in [3.05, 3.63) is 99.9 Å². The Bertz CT molecular complexity index is 3560. The van der Waals surface area contributed by atoms with Crippen molar-refractivity contribution >= 4 is 120 Å². The highest BCUT2D eigenvalue weighted by Crippen LogP contribution is 2.43. The number of H-pyrrole nitrogens is 1. The van der Waals surface area contributed by atoms with Crippen LogP contribution in [0.3, 0.4) is 0 Å². The quantitative estimate of drug-likeness (QED) is 0.0278. The van der Waals surface area contributed by atoms with Crippen LogP contribution in [-0.2, 0) is 43.9 Å². The lowest BCUT2D eigenvalue weighted by atomic mass is 10.3. The van der Waals surface area contributed by atoms with Gasteiger partial charge in [0.2, 0.25) is 31.8 Å². The summed E-state index contributed by atoms with van der Waals surface area (Å²) < 4.78 is 138. The van der Waals surface area contributed by atoms with E-state index in [-0.39, 0.29) is 86.7 Å². The summed E-state index contributed by atoms with van der Waals surface area (Å²) in [5.74, 6) is -3.60. The summed E-state index contributed by atoms with van der Waals surface area (Å²) in [5.41, 5.74) is -3.62. The molecular weight excluding hydrogens is 1270 g/mol. The summed E-state index contributed by atoms with van der Waals surface area (Å²) in [4.78, 5) is 76.8. The van der Waals surface area contributed by atoms with E-state index in [0.717, 1.165) is 37.6 Å². The first-order chi connectivity index (χ1) is 36.9. The zero-order chi connectivity index (χ0) is 59.1. The number of alkyl halides is 4. The molecule has 2 fully saturated rings. The summed E-state index contributed by atoms with van der Waals surface area (Å²) in [6.45, 7) is 0. The number of amides is 3. The van der Waals surface area contributed by atoms with Gasteiger partial charge in [-0.15, -0.1) is 0 Å². The van der Waals surface area contributed by atoms with Crippen LogP contribution in [0.5, 0.6) is 34.8 Å². The monoisotopic (exact) mass is 1310 g/mol. The van der Waals surface area contributed by atoms with Crippen LogP contribution in [0.1, 0.15) is 37.8 Å². The third kappa shape index (κ3) is 15.8. The molecule has 3 heterocycles. The van der Waals surface area contributed by atoms with Crippen LogP contribution in [0.25, 0.3) is 5.69 Å². The van der Waals surface area contributed by atoms with Crippen LogP contribution in [-0.4, -0.2) is 126 Å². The molecule has 2 aliphatic carbocycles. The number of rotatable bonds is 18. The first kappa shape index (κ1) is 65.9. The number of carbonyl (C=O) groups is 4. The van der Waals surface area contributed by atoms with E-state index in [1.165, 1.54) is 32.8 Å². The van der Waals surface area contributed by atoms with E-state index in [0.29, 0.717) is 22.0 Å². The van der Waals surface area contributed by atoms with Crippen LogP contribution in [0.2, 0.25) is 20.1 Å². The number of sulfonamides is 2. The number of nitrogens with zero attached hydrogens (tertiary/aromatic N) is 4. The molecule has 0 spiro atoms. The number of aromatic nitrogens is 5. The lowest BCUT2D eigenvalue weighted by Crippen LogP contribution is -2.43. The minimum atomic E-state index is -4.35. The Morgan fingerprint density at radius 3 is 1.48 bits per heavy atom. The molecule has 2 aliphatic rings. The second-order valence-corrected chi connectivity index (χ2v) is 21.6. The van der Waals surface area contributed by atoms with E-state index < -0.39 is 95.4 Å². The number of benzene rings is 2. The van der Waals surface area contributed by atoms with Crippen molar-refractivity contribution in [2.75, 3.05) is 28.4 Å². The number of imide groups is 1. The van der Waals surface area contributed by atoms with Gasteiger partial charge in [-0.3, -0.25) is 34.9 Å². The number of esters is 2. The fourth-order valence-corrected chi connectivity index (χ4v) is 11.2. The largest absolute Gasteiger partial charge is 0.494 e. The lowest BCUT2D eigenvalue weighted by molar-refractivity contribution is -0.144. The highest BCUT2D eigenvalue weighted by molar-refractivity contribution is 9.10. The number of pyridine rings is 2. The maximum atomic E-state index is 13.1. The smallest absolute Gasteiger partial charge is 0.349 e. The van der Waals surface area contributed by atoms with E-state index in [9.17, 15) is 63.2 Å². The molecule has 0 unspecified atom stereocenters. The van der Waals surface area contributed by atoms with E-state index in [2.05, 4.69) is 55.6 Å². The Morgan fingerprint density at radius 2 is 1.14 bits per heavy atom. The fraction of sp³-hybridized carbons (Fsp3) is 0.286.